The highest BCUT2D eigenvalue weighted by Gasteiger charge is 2.09. The SMILES string of the molecule is Nc1cc(-c2ccc(C=O)nc2)cc(F)c1F. The van der Waals surface area contributed by atoms with E-state index >= 15 is 0 Å². The molecule has 0 aliphatic rings. The van der Waals surface area contributed by atoms with E-state index in [0.29, 0.717) is 17.4 Å². The average molecular weight is 234 g/mol. The van der Waals surface area contributed by atoms with Crippen LogP contribution < -0.4 is 5.73 Å². The highest BCUT2D eigenvalue weighted by Crippen LogP contribution is 2.25. The molecule has 0 aliphatic carbocycles. The van der Waals surface area contributed by atoms with Gasteiger partial charge in [-0.05, 0) is 23.8 Å². The molecular formula is C12H8F2N2O. The summed E-state index contributed by atoms with van der Waals surface area (Å²) in [5.41, 5.74) is 6.29. The van der Waals surface area contributed by atoms with Crippen LogP contribution >= 0.6 is 0 Å². The predicted molar refractivity (Wildman–Crippen MR) is 59.4 cm³/mol. The number of carbonyl (C=O) groups is 1. The molecule has 0 fully saturated rings. The Bertz CT molecular complexity index is 544. The number of nitrogen functional groups attached to an aromatic ring is 1. The van der Waals surface area contributed by atoms with Gasteiger partial charge in [0.1, 0.15) is 5.69 Å². The van der Waals surface area contributed by atoms with Crippen molar-refractivity contribution in [2.45, 2.75) is 0 Å². The molecule has 1 aromatic carbocycles. The van der Waals surface area contributed by atoms with E-state index in [2.05, 4.69) is 4.98 Å². The Morgan fingerprint density at radius 3 is 2.47 bits per heavy atom. The third-order valence-corrected chi connectivity index (χ3v) is 2.30. The van der Waals surface area contributed by atoms with Gasteiger partial charge in [-0.15, -0.1) is 0 Å². The van der Waals surface area contributed by atoms with Gasteiger partial charge >= 0.3 is 0 Å². The maximum Gasteiger partial charge on any atom is 0.181 e. The molecule has 0 saturated heterocycles. The molecule has 0 atom stereocenters. The number of halogens is 2. The highest BCUT2D eigenvalue weighted by atomic mass is 19.2. The Hall–Kier alpha value is -2.30. The first-order chi connectivity index (χ1) is 8.11. The molecule has 0 bridgehead atoms. The number of rotatable bonds is 2. The standard InChI is InChI=1S/C12H8F2N2O/c13-10-3-8(4-11(15)12(10)14)7-1-2-9(6-17)16-5-7/h1-6H,15H2. The molecule has 17 heavy (non-hydrogen) atoms. The number of anilines is 1. The first-order valence-corrected chi connectivity index (χ1v) is 4.78. The van der Waals surface area contributed by atoms with Crippen molar-refractivity contribution in [3.05, 3.63) is 47.8 Å². The van der Waals surface area contributed by atoms with Crippen molar-refractivity contribution < 1.29 is 13.6 Å². The van der Waals surface area contributed by atoms with Crippen LogP contribution in [0.25, 0.3) is 11.1 Å². The normalized spacial score (nSPS) is 10.2. The van der Waals surface area contributed by atoms with Gasteiger partial charge in [-0.2, -0.15) is 0 Å². The maximum atomic E-state index is 13.1. The van der Waals surface area contributed by atoms with Crippen molar-refractivity contribution in [1.29, 1.82) is 0 Å². The maximum absolute atomic E-state index is 13.1. The molecular weight excluding hydrogens is 226 g/mol. The zero-order chi connectivity index (χ0) is 12.4. The predicted octanol–water partition coefficient (Wildman–Crippen LogP) is 2.42. The number of aromatic nitrogens is 1. The van der Waals surface area contributed by atoms with Crippen molar-refractivity contribution in [2.24, 2.45) is 0 Å². The number of hydrogen-bond donors (Lipinski definition) is 1. The third kappa shape index (κ3) is 2.13. The average Bonchev–Trinajstić information content (AvgIpc) is 2.35. The molecule has 2 aromatic rings. The first-order valence-electron chi connectivity index (χ1n) is 4.78. The molecule has 86 valence electrons. The Morgan fingerprint density at radius 2 is 1.94 bits per heavy atom. The van der Waals surface area contributed by atoms with Gasteiger partial charge in [0, 0.05) is 11.8 Å². The Labute approximate surface area is 95.9 Å². The van der Waals surface area contributed by atoms with Crippen LogP contribution in [-0.2, 0) is 0 Å². The zero-order valence-corrected chi connectivity index (χ0v) is 8.65. The van der Waals surface area contributed by atoms with Gasteiger partial charge in [0.2, 0.25) is 0 Å². The lowest BCUT2D eigenvalue weighted by Gasteiger charge is -2.04. The van der Waals surface area contributed by atoms with E-state index in [0.717, 1.165) is 6.07 Å². The third-order valence-electron chi connectivity index (χ3n) is 2.30. The molecule has 1 heterocycles. The summed E-state index contributed by atoms with van der Waals surface area (Å²) < 4.78 is 26.1. The van der Waals surface area contributed by atoms with Crippen LogP contribution in [0, 0.1) is 11.6 Å². The minimum atomic E-state index is -1.06. The molecule has 0 aliphatic heterocycles. The molecule has 0 spiro atoms. The molecule has 0 radical (unpaired) electrons. The van der Waals surface area contributed by atoms with Crippen molar-refractivity contribution in [3.8, 4) is 11.1 Å². The molecule has 0 amide bonds. The van der Waals surface area contributed by atoms with E-state index in [-0.39, 0.29) is 11.4 Å². The summed E-state index contributed by atoms with van der Waals surface area (Å²) in [6.45, 7) is 0. The summed E-state index contributed by atoms with van der Waals surface area (Å²) in [6.07, 6.45) is 2.00. The van der Waals surface area contributed by atoms with Gasteiger partial charge in [0.15, 0.2) is 17.9 Å². The molecule has 2 N–H and O–H groups in total. The first kappa shape index (κ1) is 11.2. The minimum Gasteiger partial charge on any atom is -0.396 e. The van der Waals surface area contributed by atoms with Crippen LogP contribution in [-0.4, -0.2) is 11.3 Å². The monoisotopic (exact) mass is 234 g/mol. The number of hydrogen-bond acceptors (Lipinski definition) is 3. The number of pyridine rings is 1. The van der Waals surface area contributed by atoms with Crippen LogP contribution in [0.2, 0.25) is 0 Å². The van der Waals surface area contributed by atoms with Gasteiger partial charge in [-0.3, -0.25) is 9.78 Å². The smallest absolute Gasteiger partial charge is 0.181 e. The van der Waals surface area contributed by atoms with E-state index in [1.54, 1.807) is 6.07 Å². The Balaban J connectivity index is 2.49. The van der Waals surface area contributed by atoms with E-state index in [9.17, 15) is 13.6 Å². The minimum absolute atomic E-state index is 0.264. The zero-order valence-electron chi connectivity index (χ0n) is 8.65. The number of benzene rings is 1. The lowest BCUT2D eigenvalue weighted by Crippen LogP contribution is -1.96. The Morgan fingerprint density at radius 1 is 1.18 bits per heavy atom. The number of nitrogens with two attached hydrogens (primary N) is 1. The lowest BCUT2D eigenvalue weighted by molar-refractivity contribution is 0.111. The molecule has 1 aromatic heterocycles. The molecule has 2 rings (SSSR count). The van der Waals surface area contributed by atoms with Crippen LogP contribution in [0.3, 0.4) is 0 Å². The second-order valence-electron chi connectivity index (χ2n) is 3.45. The van der Waals surface area contributed by atoms with Crippen LogP contribution in [0.4, 0.5) is 14.5 Å². The van der Waals surface area contributed by atoms with Crippen molar-refractivity contribution in [1.82, 2.24) is 4.98 Å². The number of nitrogens with zero attached hydrogens (tertiary/aromatic N) is 1. The number of aldehydes is 1. The second-order valence-corrected chi connectivity index (χ2v) is 3.45. The van der Waals surface area contributed by atoms with Gasteiger partial charge < -0.3 is 5.73 Å². The fourth-order valence-corrected chi connectivity index (χ4v) is 1.42. The van der Waals surface area contributed by atoms with E-state index in [1.807, 2.05) is 0 Å². The molecule has 3 nitrogen and oxygen atoms in total. The van der Waals surface area contributed by atoms with Crippen molar-refractivity contribution in [3.63, 3.8) is 0 Å². The summed E-state index contributed by atoms with van der Waals surface area (Å²) in [4.78, 5) is 14.2. The number of carbonyl (C=O) groups excluding carboxylic acids is 1. The Kier molecular flexibility index (Phi) is 2.82. The van der Waals surface area contributed by atoms with Crippen LogP contribution in [0.1, 0.15) is 10.5 Å². The fraction of sp³-hybridized carbons (Fsp3) is 0. The fourth-order valence-electron chi connectivity index (χ4n) is 1.42. The second kappa shape index (κ2) is 4.29. The van der Waals surface area contributed by atoms with Gasteiger partial charge in [-0.25, -0.2) is 8.78 Å². The highest BCUT2D eigenvalue weighted by molar-refractivity contribution is 5.74. The summed E-state index contributed by atoms with van der Waals surface area (Å²) in [6, 6.07) is 5.42. The summed E-state index contributed by atoms with van der Waals surface area (Å²) in [7, 11) is 0. The van der Waals surface area contributed by atoms with Crippen molar-refractivity contribution in [2.75, 3.05) is 5.73 Å². The largest absolute Gasteiger partial charge is 0.396 e. The van der Waals surface area contributed by atoms with Crippen LogP contribution in [0.5, 0.6) is 0 Å². The lowest BCUT2D eigenvalue weighted by atomic mass is 10.1. The quantitative estimate of drug-likeness (QED) is 0.641. The topological polar surface area (TPSA) is 56.0 Å². The van der Waals surface area contributed by atoms with E-state index < -0.39 is 11.6 Å². The van der Waals surface area contributed by atoms with Crippen molar-refractivity contribution >= 4 is 12.0 Å². The summed E-state index contributed by atoms with van der Waals surface area (Å²) in [5.74, 6) is -2.08. The van der Waals surface area contributed by atoms with Gasteiger partial charge in [-0.1, -0.05) is 6.07 Å². The van der Waals surface area contributed by atoms with Crippen LogP contribution in [0.15, 0.2) is 30.5 Å². The summed E-state index contributed by atoms with van der Waals surface area (Å²) in [5, 5.41) is 0. The molecule has 5 heteroatoms. The molecule has 0 saturated carbocycles. The van der Waals surface area contributed by atoms with E-state index in [4.69, 9.17) is 5.73 Å². The summed E-state index contributed by atoms with van der Waals surface area (Å²) >= 11 is 0. The van der Waals surface area contributed by atoms with E-state index in [1.165, 1.54) is 18.3 Å². The van der Waals surface area contributed by atoms with Gasteiger partial charge in [0.25, 0.3) is 0 Å². The van der Waals surface area contributed by atoms with Gasteiger partial charge in [0.05, 0.1) is 5.69 Å². The molecule has 0 unspecified atom stereocenters.